The Morgan fingerprint density at radius 3 is 2.21 bits per heavy atom. The second-order valence-corrected chi connectivity index (χ2v) is 3.89. The fraction of sp³-hybridized carbons (Fsp3) is 1.00. The minimum Gasteiger partial charge on any atom is -0.315 e. The molecule has 86 valence electrons. The monoisotopic (exact) mass is 200 g/mol. The summed E-state index contributed by atoms with van der Waals surface area (Å²) in [6.07, 6.45) is 5.28. The molecule has 0 aliphatic rings. The Morgan fingerprint density at radius 2 is 1.64 bits per heavy atom. The lowest BCUT2D eigenvalue weighted by molar-refractivity contribution is 0.287. The first-order valence-corrected chi connectivity index (χ1v) is 6.28. The average molecular weight is 200 g/mol. The van der Waals surface area contributed by atoms with Gasteiger partial charge in [0.15, 0.2) is 0 Å². The van der Waals surface area contributed by atoms with Crippen LogP contribution in [0, 0.1) is 0 Å². The molecule has 0 saturated carbocycles. The third-order valence-corrected chi connectivity index (χ3v) is 2.55. The molecule has 0 bridgehead atoms. The standard InChI is InChI=1S/C12H28N2/c1-4-7-8-9-13-10-12-14(6-3)11-5-2/h13H,4-12H2,1-3H3. The van der Waals surface area contributed by atoms with E-state index in [1.54, 1.807) is 0 Å². The molecule has 0 atom stereocenters. The highest BCUT2D eigenvalue weighted by Gasteiger charge is 1.98. The summed E-state index contributed by atoms with van der Waals surface area (Å²) in [5.41, 5.74) is 0. The van der Waals surface area contributed by atoms with Gasteiger partial charge in [0.25, 0.3) is 0 Å². The second-order valence-electron chi connectivity index (χ2n) is 3.89. The summed E-state index contributed by atoms with van der Waals surface area (Å²) in [5.74, 6) is 0. The van der Waals surface area contributed by atoms with E-state index in [4.69, 9.17) is 0 Å². The summed E-state index contributed by atoms with van der Waals surface area (Å²) >= 11 is 0. The fourth-order valence-electron chi connectivity index (χ4n) is 1.61. The Labute approximate surface area is 90.1 Å². The number of unbranched alkanes of at least 4 members (excludes halogenated alkanes) is 2. The molecule has 0 amide bonds. The Balaban J connectivity index is 3.15. The first-order chi connectivity index (χ1) is 6.85. The largest absolute Gasteiger partial charge is 0.315 e. The van der Waals surface area contributed by atoms with Crippen molar-refractivity contribution >= 4 is 0 Å². The molecule has 0 unspecified atom stereocenters. The van der Waals surface area contributed by atoms with Crippen LogP contribution in [0.3, 0.4) is 0 Å². The van der Waals surface area contributed by atoms with E-state index in [1.165, 1.54) is 51.9 Å². The molecule has 0 rings (SSSR count). The normalized spacial score (nSPS) is 11.1. The van der Waals surface area contributed by atoms with Gasteiger partial charge in [-0.2, -0.15) is 0 Å². The van der Waals surface area contributed by atoms with Crippen LogP contribution in [0.1, 0.15) is 46.5 Å². The molecule has 0 aromatic rings. The van der Waals surface area contributed by atoms with Crippen molar-refractivity contribution in [1.29, 1.82) is 0 Å². The van der Waals surface area contributed by atoms with E-state index >= 15 is 0 Å². The Hall–Kier alpha value is -0.0800. The SMILES string of the molecule is CCCCCNCCN(CC)CCC. The number of nitrogens with zero attached hydrogens (tertiary/aromatic N) is 1. The van der Waals surface area contributed by atoms with Crippen LogP contribution in [-0.4, -0.2) is 37.6 Å². The van der Waals surface area contributed by atoms with E-state index in [0.29, 0.717) is 0 Å². The van der Waals surface area contributed by atoms with E-state index in [-0.39, 0.29) is 0 Å². The molecule has 0 spiro atoms. The highest BCUT2D eigenvalue weighted by molar-refractivity contribution is 4.57. The third kappa shape index (κ3) is 8.52. The number of hydrogen-bond acceptors (Lipinski definition) is 2. The van der Waals surface area contributed by atoms with Gasteiger partial charge in [-0.25, -0.2) is 0 Å². The molecule has 0 fully saturated rings. The minimum absolute atomic E-state index is 1.15. The molecule has 0 aliphatic heterocycles. The van der Waals surface area contributed by atoms with E-state index in [9.17, 15) is 0 Å². The molecular formula is C12H28N2. The van der Waals surface area contributed by atoms with Crippen LogP contribution in [0.5, 0.6) is 0 Å². The molecule has 2 nitrogen and oxygen atoms in total. The summed E-state index contributed by atoms with van der Waals surface area (Å²) in [6.45, 7) is 12.7. The second kappa shape index (κ2) is 11.0. The molecule has 0 aliphatic carbocycles. The van der Waals surface area contributed by atoms with Gasteiger partial charge in [-0.1, -0.05) is 33.6 Å². The van der Waals surface area contributed by atoms with Crippen LogP contribution >= 0.6 is 0 Å². The van der Waals surface area contributed by atoms with Crippen LogP contribution in [-0.2, 0) is 0 Å². The van der Waals surface area contributed by atoms with Crippen LogP contribution in [0.2, 0.25) is 0 Å². The molecule has 2 heteroatoms. The first kappa shape index (κ1) is 13.9. The first-order valence-electron chi connectivity index (χ1n) is 6.28. The van der Waals surface area contributed by atoms with Crippen LogP contribution < -0.4 is 5.32 Å². The summed E-state index contributed by atoms with van der Waals surface area (Å²) in [6, 6.07) is 0. The summed E-state index contributed by atoms with van der Waals surface area (Å²) in [4.78, 5) is 2.51. The molecule has 0 aromatic carbocycles. The van der Waals surface area contributed by atoms with Crippen molar-refractivity contribution in [3.05, 3.63) is 0 Å². The van der Waals surface area contributed by atoms with Gasteiger partial charge >= 0.3 is 0 Å². The highest BCUT2D eigenvalue weighted by Crippen LogP contribution is 1.92. The molecule has 0 aromatic heterocycles. The summed E-state index contributed by atoms with van der Waals surface area (Å²) in [7, 11) is 0. The van der Waals surface area contributed by atoms with Crippen molar-refractivity contribution in [2.45, 2.75) is 46.5 Å². The lowest BCUT2D eigenvalue weighted by atomic mass is 10.2. The topological polar surface area (TPSA) is 15.3 Å². The maximum absolute atomic E-state index is 3.50. The Bertz CT molecular complexity index is 104. The predicted molar refractivity (Wildman–Crippen MR) is 64.8 cm³/mol. The highest BCUT2D eigenvalue weighted by atomic mass is 15.1. The van der Waals surface area contributed by atoms with Gasteiger partial charge in [0.2, 0.25) is 0 Å². The van der Waals surface area contributed by atoms with E-state index < -0.39 is 0 Å². The molecule has 1 N–H and O–H groups in total. The smallest absolute Gasteiger partial charge is 0.0107 e. The van der Waals surface area contributed by atoms with Crippen molar-refractivity contribution in [3.8, 4) is 0 Å². The van der Waals surface area contributed by atoms with Gasteiger partial charge in [-0.3, -0.25) is 0 Å². The van der Waals surface area contributed by atoms with Gasteiger partial charge < -0.3 is 10.2 Å². The Morgan fingerprint density at radius 1 is 0.857 bits per heavy atom. The summed E-state index contributed by atoms with van der Waals surface area (Å²) < 4.78 is 0. The summed E-state index contributed by atoms with van der Waals surface area (Å²) in [5, 5.41) is 3.50. The molecule has 0 heterocycles. The number of likely N-dealkylation sites (N-methyl/N-ethyl adjacent to an activating group) is 1. The van der Waals surface area contributed by atoms with Crippen LogP contribution in [0.25, 0.3) is 0 Å². The fourth-order valence-corrected chi connectivity index (χ4v) is 1.61. The van der Waals surface area contributed by atoms with Gasteiger partial charge in [-0.05, 0) is 32.5 Å². The van der Waals surface area contributed by atoms with Crippen LogP contribution in [0.4, 0.5) is 0 Å². The lowest BCUT2D eigenvalue weighted by Crippen LogP contribution is -2.32. The van der Waals surface area contributed by atoms with Gasteiger partial charge in [0.1, 0.15) is 0 Å². The van der Waals surface area contributed by atoms with Crippen LogP contribution in [0.15, 0.2) is 0 Å². The number of nitrogens with one attached hydrogen (secondary N) is 1. The van der Waals surface area contributed by atoms with Crippen molar-refractivity contribution in [2.24, 2.45) is 0 Å². The minimum atomic E-state index is 1.15. The maximum Gasteiger partial charge on any atom is 0.0107 e. The van der Waals surface area contributed by atoms with Gasteiger partial charge in [-0.15, -0.1) is 0 Å². The molecular weight excluding hydrogens is 172 g/mol. The predicted octanol–water partition coefficient (Wildman–Crippen LogP) is 2.50. The molecule has 0 radical (unpaired) electrons. The quantitative estimate of drug-likeness (QED) is 0.545. The maximum atomic E-state index is 3.50. The van der Waals surface area contributed by atoms with Crippen molar-refractivity contribution < 1.29 is 0 Å². The number of rotatable bonds is 10. The molecule has 14 heavy (non-hydrogen) atoms. The average Bonchev–Trinajstić information content (AvgIpc) is 2.21. The van der Waals surface area contributed by atoms with Gasteiger partial charge in [0.05, 0.1) is 0 Å². The van der Waals surface area contributed by atoms with E-state index in [2.05, 4.69) is 31.0 Å². The zero-order chi connectivity index (χ0) is 10.6. The number of hydrogen-bond donors (Lipinski definition) is 1. The van der Waals surface area contributed by atoms with Crippen molar-refractivity contribution in [3.63, 3.8) is 0 Å². The third-order valence-electron chi connectivity index (χ3n) is 2.55. The Kier molecular flexibility index (Phi) is 10.9. The lowest BCUT2D eigenvalue weighted by Gasteiger charge is -2.19. The zero-order valence-electron chi connectivity index (χ0n) is 10.3. The molecule has 0 saturated heterocycles. The van der Waals surface area contributed by atoms with Crippen molar-refractivity contribution in [1.82, 2.24) is 10.2 Å². The zero-order valence-corrected chi connectivity index (χ0v) is 10.3. The van der Waals surface area contributed by atoms with Crippen molar-refractivity contribution in [2.75, 3.05) is 32.7 Å². The van der Waals surface area contributed by atoms with Gasteiger partial charge in [0, 0.05) is 13.1 Å². The van der Waals surface area contributed by atoms with E-state index in [1.807, 2.05) is 0 Å². The van der Waals surface area contributed by atoms with E-state index in [0.717, 1.165) is 6.54 Å².